The number of sulfonamides is 1. The van der Waals surface area contributed by atoms with Crippen molar-refractivity contribution >= 4 is 16.0 Å². The summed E-state index contributed by atoms with van der Waals surface area (Å²) < 4.78 is 44.8. The number of ether oxygens (including phenoxy) is 1. The van der Waals surface area contributed by atoms with Crippen molar-refractivity contribution in [2.45, 2.75) is 25.4 Å². The minimum Gasteiger partial charge on any atom is -0.370 e. The van der Waals surface area contributed by atoms with E-state index in [0.717, 1.165) is 31.8 Å². The largest absolute Gasteiger partial charge is 0.370 e. The third-order valence-corrected chi connectivity index (χ3v) is 6.23. The summed E-state index contributed by atoms with van der Waals surface area (Å²) in [5, 5.41) is 0. The molecule has 0 saturated carbocycles. The maximum absolute atomic E-state index is 13.0. The molecule has 2 saturated heterocycles. The van der Waals surface area contributed by atoms with Gasteiger partial charge in [0.2, 0.25) is 16.0 Å². The third kappa shape index (κ3) is 3.46. The average molecular weight is 344 g/mol. The minimum absolute atomic E-state index is 0.0911. The number of morpholine rings is 1. The molecule has 0 aliphatic carbocycles. The number of anilines is 1. The molecule has 0 radical (unpaired) electrons. The van der Waals surface area contributed by atoms with E-state index in [1.807, 2.05) is 4.90 Å². The summed E-state index contributed by atoms with van der Waals surface area (Å²) in [7, 11) is -3.23. The van der Waals surface area contributed by atoms with E-state index in [-0.39, 0.29) is 5.75 Å². The van der Waals surface area contributed by atoms with Gasteiger partial charge in [-0.05, 0) is 19.8 Å². The van der Waals surface area contributed by atoms with Crippen molar-refractivity contribution in [1.29, 1.82) is 0 Å². The Labute approximate surface area is 135 Å². The van der Waals surface area contributed by atoms with Gasteiger partial charge < -0.3 is 9.64 Å². The topological polar surface area (TPSA) is 75.6 Å². The Morgan fingerprint density at radius 2 is 2.04 bits per heavy atom. The van der Waals surface area contributed by atoms with Crippen molar-refractivity contribution in [2.75, 3.05) is 43.4 Å². The Balaban J connectivity index is 1.77. The molecule has 128 valence electrons. The highest BCUT2D eigenvalue weighted by Crippen LogP contribution is 2.31. The number of nitrogens with zero attached hydrogens (tertiary/aromatic N) is 4. The molecular weight excluding hydrogens is 323 g/mol. The SMILES string of the molecule is CCS(=O)(=O)N1CCO[C@@]2(CCCN(c3ncc(F)cn3)C2)C1. The summed E-state index contributed by atoms with van der Waals surface area (Å²) in [4.78, 5) is 9.97. The standard InChI is InChI=1S/C14H21FN4O3S/c1-2-23(20,21)19-6-7-22-14(11-19)4-3-5-18(10-14)13-16-8-12(15)9-17-13/h8-9H,2-7,10-11H2,1H3/t14-/m1/s1. The molecule has 0 bridgehead atoms. The molecule has 2 fully saturated rings. The summed E-state index contributed by atoms with van der Waals surface area (Å²) in [5.74, 6) is 0.0626. The molecule has 23 heavy (non-hydrogen) atoms. The lowest BCUT2D eigenvalue weighted by Gasteiger charge is -2.47. The molecule has 2 aliphatic heterocycles. The van der Waals surface area contributed by atoms with Crippen LogP contribution in [0.2, 0.25) is 0 Å². The summed E-state index contributed by atoms with van der Waals surface area (Å²) in [5.41, 5.74) is -0.545. The van der Waals surface area contributed by atoms with Gasteiger partial charge >= 0.3 is 0 Å². The molecule has 3 heterocycles. The Morgan fingerprint density at radius 1 is 1.30 bits per heavy atom. The van der Waals surface area contributed by atoms with Crippen LogP contribution in [0.3, 0.4) is 0 Å². The fourth-order valence-electron chi connectivity index (χ4n) is 3.21. The van der Waals surface area contributed by atoms with Gasteiger partial charge in [-0.3, -0.25) is 0 Å². The van der Waals surface area contributed by atoms with Crippen LogP contribution in [-0.2, 0) is 14.8 Å². The molecule has 0 N–H and O–H groups in total. The van der Waals surface area contributed by atoms with Crippen LogP contribution < -0.4 is 4.90 Å². The molecule has 7 nitrogen and oxygen atoms in total. The van der Waals surface area contributed by atoms with E-state index in [4.69, 9.17) is 4.74 Å². The summed E-state index contributed by atoms with van der Waals surface area (Å²) in [6.07, 6.45) is 3.92. The van der Waals surface area contributed by atoms with E-state index in [1.54, 1.807) is 6.92 Å². The fourth-order valence-corrected chi connectivity index (χ4v) is 4.36. The second-order valence-corrected chi connectivity index (χ2v) is 8.25. The minimum atomic E-state index is -3.23. The molecule has 3 rings (SSSR count). The summed E-state index contributed by atoms with van der Waals surface area (Å²) >= 11 is 0. The second kappa shape index (κ2) is 6.29. The van der Waals surface area contributed by atoms with Crippen molar-refractivity contribution < 1.29 is 17.5 Å². The van der Waals surface area contributed by atoms with Crippen LogP contribution in [0.1, 0.15) is 19.8 Å². The van der Waals surface area contributed by atoms with E-state index in [0.29, 0.717) is 32.2 Å². The first-order valence-electron chi connectivity index (χ1n) is 7.78. The van der Waals surface area contributed by atoms with Crippen LogP contribution >= 0.6 is 0 Å². The highest BCUT2D eigenvalue weighted by Gasteiger charge is 2.43. The molecular formula is C14H21FN4O3S. The van der Waals surface area contributed by atoms with Gasteiger partial charge in [-0.2, -0.15) is 4.31 Å². The molecule has 1 spiro atoms. The molecule has 9 heteroatoms. The van der Waals surface area contributed by atoms with Crippen molar-refractivity contribution in [3.63, 3.8) is 0 Å². The Kier molecular flexibility index (Phi) is 4.52. The van der Waals surface area contributed by atoms with Crippen LogP contribution in [-0.4, -0.2) is 66.8 Å². The number of hydrogen-bond donors (Lipinski definition) is 0. The Bertz CT molecular complexity index is 650. The van der Waals surface area contributed by atoms with Gasteiger partial charge in [0.1, 0.15) is 0 Å². The number of halogens is 1. The molecule has 0 amide bonds. The molecule has 1 aromatic heterocycles. The van der Waals surface area contributed by atoms with Crippen LogP contribution in [0.4, 0.5) is 10.3 Å². The summed E-state index contributed by atoms with van der Waals surface area (Å²) in [6.45, 7) is 4.03. The Hall–Kier alpha value is -1.32. The van der Waals surface area contributed by atoms with Gasteiger partial charge in [0, 0.05) is 19.6 Å². The Morgan fingerprint density at radius 3 is 2.74 bits per heavy atom. The van der Waals surface area contributed by atoms with Crippen molar-refractivity contribution in [2.24, 2.45) is 0 Å². The molecule has 0 unspecified atom stereocenters. The van der Waals surface area contributed by atoms with Gasteiger partial charge in [0.25, 0.3) is 0 Å². The number of rotatable bonds is 3. The number of aromatic nitrogens is 2. The van der Waals surface area contributed by atoms with Crippen molar-refractivity contribution in [3.8, 4) is 0 Å². The van der Waals surface area contributed by atoms with Crippen molar-refractivity contribution in [3.05, 3.63) is 18.2 Å². The predicted octanol–water partition coefficient (Wildman–Crippen LogP) is 0.637. The molecule has 0 aromatic carbocycles. The van der Waals surface area contributed by atoms with Gasteiger partial charge in [0.05, 0.1) is 36.9 Å². The first-order valence-corrected chi connectivity index (χ1v) is 9.39. The molecule has 1 aromatic rings. The molecule has 2 aliphatic rings. The predicted molar refractivity (Wildman–Crippen MR) is 83.2 cm³/mol. The fraction of sp³-hybridized carbons (Fsp3) is 0.714. The van der Waals surface area contributed by atoms with E-state index < -0.39 is 21.4 Å². The summed E-state index contributed by atoms with van der Waals surface area (Å²) in [6, 6.07) is 0. The molecule has 1 atom stereocenters. The number of hydrogen-bond acceptors (Lipinski definition) is 6. The van der Waals surface area contributed by atoms with Gasteiger partial charge in [-0.25, -0.2) is 22.8 Å². The highest BCUT2D eigenvalue weighted by atomic mass is 32.2. The van der Waals surface area contributed by atoms with Gasteiger partial charge in [-0.15, -0.1) is 0 Å². The maximum atomic E-state index is 13.0. The zero-order valence-corrected chi connectivity index (χ0v) is 13.9. The second-order valence-electron chi connectivity index (χ2n) is 5.99. The zero-order chi connectivity index (χ0) is 16.5. The van der Waals surface area contributed by atoms with Gasteiger partial charge in [-0.1, -0.05) is 0 Å². The normalized spacial score (nSPS) is 26.6. The lowest BCUT2D eigenvalue weighted by atomic mass is 9.91. The first-order chi connectivity index (χ1) is 10.9. The van der Waals surface area contributed by atoms with E-state index >= 15 is 0 Å². The average Bonchev–Trinajstić information content (AvgIpc) is 2.55. The lowest BCUT2D eigenvalue weighted by molar-refractivity contribution is -0.0951. The van der Waals surface area contributed by atoms with Crippen LogP contribution in [0.25, 0.3) is 0 Å². The lowest BCUT2D eigenvalue weighted by Crippen LogP contribution is -2.61. The quantitative estimate of drug-likeness (QED) is 0.801. The van der Waals surface area contributed by atoms with Crippen LogP contribution in [0.15, 0.2) is 12.4 Å². The van der Waals surface area contributed by atoms with Gasteiger partial charge in [0.15, 0.2) is 5.82 Å². The van der Waals surface area contributed by atoms with Crippen LogP contribution in [0.5, 0.6) is 0 Å². The maximum Gasteiger partial charge on any atom is 0.225 e. The zero-order valence-electron chi connectivity index (χ0n) is 13.1. The first kappa shape index (κ1) is 16.5. The van der Waals surface area contributed by atoms with Crippen LogP contribution in [0, 0.1) is 5.82 Å². The number of piperidine rings is 1. The van der Waals surface area contributed by atoms with Crippen molar-refractivity contribution in [1.82, 2.24) is 14.3 Å². The smallest absolute Gasteiger partial charge is 0.225 e. The van der Waals surface area contributed by atoms with E-state index in [9.17, 15) is 12.8 Å². The third-order valence-electron chi connectivity index (χ3n) is 4.40. The monoisotopic (exact) mass is 344 g/mol. The van der Waals surface area contributed by atoms with E-state index in [2.05, 4.69) is 9.97 Å². The van der Waals surface area contributed by atoms with E-state index in [1.165, 1.54) is 4.31 Å². The highest BCUT2D eigenvalue weighted by molar-refractivity contribution is 7.89.